The molecule has 0 aromatic heterocycles. The van der Waals surface area contributed by atoms with Crippen molar-refractivity contribution in [2.24, 2.45) is 0 Å². The lowest BCUT2D eigenvalue weighted by Crippen LogP contribution is -2.72. The molecule has 0 bridgehead atoms. The fraction of sp³-hybridized carbons (Fsp3) is 1.00. The Morgan fingerprint density at radius 3 is 0.318 bits per heavy atom. The molecule has 0 fully saturated rings. The maximum absolute atomic E-state index is 14.7. The quantitative estimate of drug-likeness (QED) is 0.0578. The van der Waals surface area contributed by atoms with Crippen molar-refractivity contribution in [2.45, 2.75) is 149 Å². The van der Waals surface area contributed by atoms with Gasteiger partial charge in [0.05, 0.1) is 0 Å². The molecular formula is C29H8F52O4. The van der Waals surface area contributed by atoms with Crippen LogP contribution in [-0.4, -0.2) is 176 Å². The van der Waals surface area contributed by atoms with Crippen LogP contribution < -0.4 is 0 Å². The fourth-order valence-corrected chi connectivity index (χ4v) is 4.54. The van der Waals surface area contributed by atoms with Crippen LogP contribution in [-0.2, 0) is 18.9 Å². The lowest BCUT2D eigenvalue weighted by molar-refractivity contribution is -0.536. The summed E-state index contributed by atoms with van der Waals surface area (Å²) in [5, 5.41) is 0. The number of hydrogen-bond donors (Lipinski definition) is 0. The van der Waals surface area contributed by atoms with Gasteiger partial charge in [0.1, 0.15) is 26.4 Å². The minimum absolute atomic E-state index is 2.09. The Labute approximate surface area is 424 Å². The summed E-state index contributed by atoms with van der Waals surface area (Å²) in [6.07, 6.45) is -42.5. The second kappa shape index (κ2) is 21.2. The fourth-order valence-electron chi connectivity index (χ4n) is 4.54. The molecule has 0 aliphatic carbocycles. The molecule has 0 spiro atoms. The van der Waals surface area contributed by atoms with Crippen LogP contribution in [0.25, 0.3) is 0 Å². The van der Waals surface area contributed by atoms with Gasteiger partial charge in [0.15, 0.2) is 0 Å². The van der Waals surface area contributed by atoms with Gasteiger partial charge < -0.3 is 0 Å². The Morgan fingerprint density at radius 2 is 0.224 bits per heavy atom. The van der Waals surface area contributed by atoms with E-state index in [-0.39, 0.29) is 0 Å². The lowest BCUT2D eigenvalue weighted by atomic mass is 9.94. The SMILES string of the molecule is FC(F)(F)C(F)(F)C(F)(F)C(F)(F)C(F)(F)C(F)(F)COC(OCC(F)(F)C(F)(F)C(F)(F)C(F)(F)C(F)(F)C(F)(F)F)(OCC(F)(F)C(F)(F)C(F)(F)C(F)(F)C(F)(F)C(F)(F)F)OCC(F)(F)C(F)(F)C(F)(F)C(F)(F)C(F)(F)C(F)(F)F. The molecule has 0 aromatic rings. The molecule has 0 rings (SSSR count). The van der Waals surface area contributed by atoms with E-state index in [9.17, 15) is 228 Å². The molecule has 0 amide bonds. The van der Waals surface area contributed by atoms with Crippen LogP contribution in [0.1, 0.15) is 0 Å². The maximum atomic E-state index is 14.7. The lowest BCUT2D eigenvalue weighted by Gasteiger charge is -2.43. The van der Waals surface area contributed by atoms with Crippen molar-refractivity contribution in [3.05, 3.63) is 0 Å². The first-order valence-electron chi connectivity index (χ1n) is 18.2. The second-order valence-corrected chi connectivity index (χ2v) is 15.7. The molecule has 0 heterocycles. The summed E-state index contributed by atoms with van der Waals surface area (Å²) in [6, 6.07) is 0. The molecule has 0 N–H and O–H groups in total. The number of rotatable bonds is 28. The van der Waals surface area contributed by atoms with Gasteiger partial charge in [-0.15, -0.1) is 0 Å². The normalized spacial score (nSPS) is 17.1. The molecule has 0 unspecified atom stereocenters. The van der Waals surface area contributed by atoms with E-state index in [1.807, 2.05) is 0 Å². The summed E-state index contributed by atoms with van der Waals surface area (Å²) in [4.78, 5) is 0. The third-order valence-corrected chi connectivity index (χ3v) is 9.71. The maximum Gasteiger partial charge on any atom is 0.460 e. The highest BCUT2D eigenvalue weighted by Gasteiger charge is 2.95. The number of halogens is 52. The van der Waals surface area contributed by atoms with Crippen LogP contribution in [0.15, 0.2) is 0 Å². The highest BCUT2D eigenvalue weighted by Crippen LogP contribution is 2.65. The van der Waals surface area contributed by atoms with Crippen LogP contribution >= 0.6 is 0 Å². The van der Waals surface area contributed by atoms with Crippen molar-refractivity contribution >= 4 is 0 Å². The van der Waals surface area contributed by atoms with Crippen molar-refractivity contribution < 1.29 is 247 Å². The third kappa shape index (κ3) is 11.8. The van der Waals surface area contributed by atoms with Crippen molar-refractivity contribution in [3.8, 4) is 0 Å². The molecule has 0 saturated heterocycles. The molecule has 4 nitrogen and oxygen atoms in total. The minimum atomic E-state index is -9.61. The van der Waals surface area contributed by atoms with Crippen LogP contribution in [0, 0.1) is 0 Å². The van der Waals surface area contributed by atoms with Gasteiger partial charge in [-0.25, -0.2) is 0 Å². The Morgan fingerprint density at radius 1 is 0.129 bits per heavy atom. The smallest absolute Gasteiger partial charge is 0.297 e. The van der Waals surface area contributed by atoms with Crippen molar-refractivity contribution in [3.63, 3.8) is 0 Å². The predicted octanol–water partition coefficient (Wildman–Crippen LogP) is 16.6. The van der Waals surface area contributed by atoms with Crippen LogP contribution in [0.4, 0.5) is 228 Å². The van der Waals surface area contributed by atoms with Gasteiger partial charge in [-0.05, 0) is 0 Å². The van der Waals surface area contributed by atoms with Gasteiger partial charge in [-0.1, -0.05) is 0 Å². The van der Waals surface area contributed by atoms with E-state index in [4.69, 9.17) is 0 Å². The molecule has 0 aliphatic heterocycles. The minimum Gasteiger partial charge on any atom is -0.297 e. The van der Waals surface area contributed by atoms with Crippen LogP contribution in [0.5, 0.6) is 0 Å². The van der Waals surface area contributed by atoms with E-state index in [1.54, 1.807) is 0 Å². The number of ether oxygens (including phenoxy) is 4. The van der Waals surface area contributed by atoms with Gasteiger partial charge in [0, 0.05) is 0 Å². The summed E-state index contributed by atoms with van der Waals surface area (Å²) >= 11 is 0. The molecular weight excluding hydrogens is 1400 g/mol. The van der Waals surface area contributed by atoms with E-state index < -0.39 is 176 Å². The van der Waals surface area contributed by atoms with E-state index in [0.29, 0.717) is 0 Å². The zero-order valence-corrected chi connectivity index (χ0v) is 36.6. The monoisotopic (exact) mass is 1410 g/mol. The first-order valence-corrected chi connectivity index (χ1v) is 18.2. The average Bonchev–Trinajstić information content (AvgIpc) is 3.25. The molecule has 56 heteroatoms. The third-order valence-electron chi connectivity index (χ3n) is 9.71. The van der Waals surface area contributed by atoms with Crippen LogP contribution in [0.3, 0.4) is 0 Å². The topological polar surface area (TPSA) is 36.9 Å². The zero-order valence-electron chi connectivity index (χ0n) is 36.6. The van der Waals surface area contributed by atoms with Crippen molar-refractivity contribution in [1.82, 2.24) is 0 Å². The highest BCUT2D eigenvalue weighted by atomic mass is 19.5. The van der Waals surface area contributed by atoms with Gasteiger partial charge in [-0.3, -0.25) is 18.9 Å². The average molecular weight is 1410 g/mol. The molecule has 0 atom stereocenters. The Kier molecular flexibility index (Phi) is 20.2. The second-order valence-electron chi connectivity index (χ2n) is 15.7. The molecule has 512 valence electrons. The molecule has 0 aliphatic rings. The van der Waals surface area contributed by atoms with Crippen LogP contribution in [0.2, 0.25) is 0 Å². The summed E-state index contributed by atoms with van der Waals surface area (Å²) in [7, 11) is 0. The number of hydrogen-bond acceptors (Lipinski definition) is 4. The van der Waals surface area contributed by atoms with E-state index in [0.717, 1.165) is 0 Å². The summed E-state index contributed by atoms with van der Waals surface area (Å²) in [5.41, 5.74) is 0. The van der Waals surface area contributed by atoms with Crippen molar-refractivity contribution in [2.75, 3.05) is 26.4 Å². The highest BCUT2D eigenvalue weighted by molar-refractivity contribution is 5.14. The van der Waals surface area contributed by atoms with E-state index in [1.165, 1.54) is 0 Å². The zero-order chi connectivity index (χ0) is 70.2. The van der Waals surface area contributed by atoms with Crippen molar-refractivity contribution in [1.29, 1.82) is 0 Å². The Balaban J connectivity index is 9.36. The first-order chi connectivity index (χ1) is 35.8. The molecule has 0 aromatic carbocycles. The van der Waals surface area contributed by atoms with Gasteiger partial charge in [0.2, 0.25) is 0 Å². The predicted molar refractivity (Wildman–Crippen MR) is 150 cm³/mol. The Bertz CT molecular complexity index is 1970. The van der Waals surface area contributed by atoms with Gasteiger partial charge >= 0.3 is 149 Å². The Hall–Kier alpha value is -3.80. The summed E-state index contributed by atoms with van der Waals surface area (Å²) < 4.78 is 719. The van der Waals surface area contributed by atoms with E-state index in [2.05, 4.69) is 18.9 Å². The summed E-state index contributed by atoms with van der Waals surface area (Å²) in [6.45, 7) is -23.4. The molecule has 0 radical (unpaired) electrons. The largest absolute Gasteiger partial charge is 0.460 e. The first kappa shape index (κ1) is 81.2. The molecule has 0 saturated carbocycles. The molecule has 85 heavy (non-hydrogen) atoms. The standard InChI is InChI=1S/C29H8F52O4/c30-5(31,9(38,39)13(46,47)17(54,55)21(62,63)25(70,71)72)1-82-29(83-2-6(32,33)10(40,41)14(48,49)18(56,57)22(64,65)26(73,74)75,84-3-7(34,35)11(42,43)15(50,51)19(58,59)23(66,67)27(76,77)78)85-4-8(36,37)12(44,45)16(52,53)20(60,61)24(68,69)28(79,80)81/h1-4H2. The van der Waals surface area contributed by atoms with Gasteiger partial charge in [-0.2, -0.15) is 228 Å². The van der Waals surface area contributed by atoms with Gasteiger partial charge in [0.25, 0.3) is 0 Å². The number of alkyl halides is 52. The van der Waals surface area contributed by atoms with E-state index >= 15 is 0 Å². The summed E-state index contributed by atoms with van der Waals surface area (Å²) in [5.74, 6) is -186.